The topological polar surface area (TPSA) is 50.5 Å². The number of rotatable bonds is 6. The van der Waals surface area contributed by atoms with Gasteiger partial charge in [0.05, 0.1) is 12.3 Å². The molecule has 0 amide bonds. The Balaban J connectivity index is 2.76. The number of likely N-dealkylation sites (N-methyl/N-ethyl adjacent to an activating group) is 2. The lowest BCUT2D eigenvalue weighted by Crippen LogP contribution is -2.27. The number of benzene rings is 1. The van der Waals surface area contributed by atoms with Crippen LogP contribution in [-0.2, 0) is 0 Å². The van der Waals surface area contributed by atoms with E-state index in [1.807, 2.05) is 32.2 Å². The summed E-state index contributed by atoms with van der Waals surface area (Å²) >= 11 is 0. The monoisotopic (exact) mass is 223 g/mol. The minimum absolute atomic E-state index is 0.633. The number of hydrogen-bond acceptors (Lipinski definition) is 4. The van der Waals surface area contributed by atoms with E-state index in [-0.39, 0.29) is 0 Å². The SMILES string of the molecule is CCOc1cc(N(C)CCNC)ccc1N. The first-order chi connectivity index (χ1) is 7.69. The number of nitrogens with two attached hydrogens (primary N) is 1. The summed E-state index contributed by atoms with van der Waals surface area (Å²) in [7, 11) is 4.00. The highest BCUT2D eigenvalue weighted by Crippen LogP contribution is 2.27. The number of nitrogens with one attached hydrogen (secondary N) is 1. The number of ether oxygens (including phenoxy) is 1. The molecule has 0 heterocycles. The Labute approximate surface area is 97.4 Å². The van der Waals surface area contributed by atoms with E-state index in [9.17, 15) is 0 Å². The highest BCUT2D eigenvalue weighted by atomic mass is 16.5. The van der Waals surface area contributed by atoms with E-state index >= 15 is 0 Å². The summed E-state index contributed by atoms with van der Waals surface area (Å²) in [5, 5.41) is 3.12. The zero-order valence-electron chi connectivity index (χ0n) is 10.3. The molecule has 16 heavy (non-hydrogen) atoms. The maximum absolute atomic E-state index is 5.82. The van der Waals surface area contributed by atoms with E-state index in [0.717, 1.165) is 24.5 Å². The Hall–Kier alpha value is -1.42. The molecule has 0 unspecified atom stereocenters. The van der Waals surface area contributed by atoms with E-state index in [0.29, 0.717) is 12.3 Å². The van der Waals surface area contributed by atoms with Gasteiger partial charge in [0.1, 0.15) is 5.75 Å². The minimum atomic E-state index is 0.633. The summed E-state index contributed by atoms with van der Waals surface area (Å²) in [6.07, 6.45) is 0. The Morgan fingerprint density at radius 2 is 2.19 bits per heavy atom. The third-order valence-corrected chi connectivity index (χ3v) is 2.43. The third-order valence-electron chi connectivity index (χ3n) is 2.43. The van der Waals surface area contributed by atoms with Gasteiger partial charge in [0.15, 0.2) is 0 Å². The third kappa shape index (κ3) is 3.31. The van der Waals surface area contributed by atoms with Crippen LogP contribution < -0.4 is 20.7 Å². The molecule has 1 rings (SSSR count). The lowest BCUT2D eigenvalue weighted by molar-refractivity contribution is 0.342. The molecule has 1 aromatic rings. The van der Waals surface area contributed by atoms with Gasteiger partial charge in [0.2, 0.25) is 0 Å². The predicted molar refractivity (Wildman–Crippen MR) is 69.2 cm³/mol. The zero-order chi connectivity index (χ0) is 12.0. The van der Waals surface area contributed by atoms with Crippen molar-refractivity contribution in [3.05, 3.63) is 18.2 Å². The Kier molecular flexibility index (Phi) is 4.92. The first-order valence-corrected chi connectivity index (χ1v) is 5.57. The summed E-state index contributed by atoms with van der Waals surface area (Å²) in [6, 6.07) is 5.87. The second-order valence-electron chi connectivity index (χ2n) is 3.68. The van der Waals surface area contributed by atoms with Gasteiger partial charge >= 0.3 is 0 Å². The first kappa shape index (κ1) is 12.6. The number of anilines is 2. The van der Waals surface area contributed by atoms with Gasteiger partial charge in [-0.15, -0.1) is 0 Å². The maximum atomic E-state index is 5.82. The molecule has 3 N–H and O–H groups in total. The van der Waals surface area contributed by atoms with Crippen molar-refractivity contribution in [2.24, 2.45) is 0 Å². The van der Waals surface area contributed by atoms with Crippen LogP contribution >= 0.6 is 0 Å². The van der Waals surface area contributed by atoms with Crippen LogP contribution in [0.3, 0.4) is 0 Å². The van der Waals surface area contributed by atoms with E-state index < -0.39 is 0 Å². The molecule has 0 aromatic heterocycles. The Morgan fingerprint density at radius 3 is 2.81 bits per heavy atom. The minimum Gasteiger partial charge on any atom is -0.492 e. The summed E-state index contributed by atoms with van der Waals surface area (Å²) in [4.78, 5) is 2.17. The molecule has 0 spiro atoms. The van der Waals surface area contributed by atoms with Crippen LogP contribution in [0, 0.1) is 0 Å². The average molecular weight is 223 g/mol. The summed E-state index contributed by atoms with van der Waals surface area (Å²) in [6.45, 7) is 4.49. The molecular weight excluding hydrogens is 202 g/mol. The molecule has 0 fully saturated rings. The van der Waals surface area contributed by atoms with Crippen LogP contribution in [0.1, 0.15) is 6.92 Å². The fourth-order valence-electron chi connectivity index (χ4n) is 1.45. The lowest BCUT2D eigenvalue weighted by Gasteiger charge is -2.20. The summed E-state index contributed by atoms with van der Waals surface area (Å²) in [5.41, 5.74) is 7.63. The molecule has 0 saturated carbocycles. The number of nitrogens with zero attached hydrogens (tertiary/aromatic N) is 1. The normalized spacial score (nSPS) is 10.2. The van der Waals surface area contributed by atoms with Crippen molar-refractivity contribution < 1.29 is 4.74 Å². The van der Waals surface area contributed by atoms with Crippen LogP contribution in [-0.4, -0.2) is 33.8 Å². The Morgan fingerprint density at radius 1 is 1.44 bits per heavy atom. The average Bonchev–Trinajstić information content (AvgIpc) is 2.29. The molecule has 0 saturated heterocycles. The molecule has 0 aliphatic carbocycles. The second kappa shape index (κ2) is 6.23. The van der Waals surface area contributed by atoms with Crippen LogP contribution in [0.15, 0.2) is 18.2 Å². The van der Waals surface area contributed by atoms with Crippen LogP contribution in [0.4, 0.5) is 11.4 Å². The molecule has 1 aromatic carbocycles. The van der Waals surface area contributed by atoms with E-state index in [2.05, 4.69) is 17.3 Å². The molecule has 0 atom stereocenters. The number of hydrogen-bond donors (Lipinski definition) is 2. The van der Waals surface area contributed by atoms with Gasteiger partial charge in [-0.05, 0) is 26.1 Å². The number of nitrogen functional groups attached to an aromatic ring is 1. The molecule has 0 aliphatic heterocycles. The van der Waals surface area contributed by atoms with Gasteiger partial charge in [0.25, 0.3) is 0 Å². The fraction of sp³-hybridized carbons (Fsp3) is 0.500. The lowest BCUT2D eigenvalue weighted by atomic mass is 10.2. The Bertz CT molecular complexity index is 328. The maximum Gasteiger partial charge on any atom is 0.144 e. The van der Waals surface area contributed by atoms with Crippen LogP contribution in [0.25, 0.3) is 0 Å². The van der Waals surface area contributed by atoms with Gasteiger partial charge in [-0.1, -0.05) is 0 Å². The largest absolute Gasteiger partial charge is 0.492 e. The van der Waals surface area contributed by atoms with E-state index in [4.69, 9.17) is 10.5 Å². The molecule has 90 valence electrons. The predicted octanol–water partition coefficient (Wildman–Crippen LogP) is 1.32. The van der Waals surface area contributed by atoms with E-state index in [1.165, 1.54) is 0 Å². The van der Waals surface area contributed by atoms with Gasteiger partial charge < -0.3 is 20.7 Å². The molecule has 4 nitrogen and oxygen atoms in total. The second-order valence-corrected chi connectivity index (χ2v) is 3.68. The highest BCUT2D eigenvalue weighted by molar-refractivity contribution is 5.62. The van der Waals surface area contributed by atoms with Crippen molar-refractivity contribution in [1.29, 1.82) is 0 Å². The molecule has 0 bridgehead atoms. The van der Waals surface area contributed by atoms with Crippen LogP contribution in [0.2, 0.25) is 0 Å². The fourth-order valence-corrected chi connectivity index (χ4v) is 1.45. The van der Waals surface area contributed by atoms with Crippen molar-refractivity contribution in [2.75, 3.05) is 44.4 Å². The molecule has 0 aliphatic rings. The quantitative estimate of drug-likeness (QED) is 0.714. The molecule has 4 heteroatoms. The molecular formula is C12H21N3O. The van der Waals surface area contributed by atoms with Crippen molar-refractivity contribution in [1.82, 2.24) is 5.32 Å². The summed E-state index contributed by atoms with van der Waals surface area (Å²) < 4.78 is 5.46. The van der Waals surface area contributed by atoms with Crippen molar-refractivity contribution in [3.8, 4) is 5.75 Å². The van der Waals surface area contributed by atoms with Gasteiger partial charge in [-0.3, -0.25) is 0 Å². The van der Waals surface area contributed by atoms with Crippen molar-refractivity contribution in [2.45, 2.75) is 6.92 Å². The first-order valence-electron chi connectivity index (χ1n) is 5.57. The highest BCUT2D eigenvalue weighted by Gasteiger charge is 2.05. The van der Waals surface area contributed by atoms with Gasteiger partial charge in [-0.25, -0.2) is 0 Å². The van der Waals surface area contributed by atoms with Crippen LogP contribution in [0.5, 0.6) is 5.75 Å². The van der Waals surface area contributed by atoms with Crippen molar-refractivity contribution >= 4 is 11.4 Å². The van der Waals surface area contributed by atoms with Gasteiger partial charge in [-0.2, -0.15) is 0 Å². The summed E-state index contributed by atoms with van der Waals surface area (Å²) in [5.74, 6) is 0.760. The molecule has 0 radical (unpaired) electrons. The van der Waals surface area contributed by atoms with Crippen molar-refractivity contribution in [3.63, 3.8) is 0 Å². The van der Waals surface area contributed by atoms with Gasteiger partial charge in [0, 0.05) is 31.9 Å². The van der Waals surface area contributed by atoms with E-state index in [1.54, 1.807) is 0 Å². The zero-order valence-corrected chi connectivity index (χ0v) is 10.3. The smallest absolute Gasteiger partial charge is 0.144 e. The standard InChI is InChI=1S/C12H21N3O/c1-4-16-12-9-10(5-6-11(12)13)15(3)8-7-14-2/h5-6,9,14H,4,7-8,13H2,1-3H3.